The summed E-state index contributed by atoms with van der Waals surface area (Å²) < 4.78 is 4.90. The van der Waals surface area contributed by atoms with E-state index in [1.165, 1.54) is 0 Å². The summed E-state index contributed by atoms with van der Waals surface area (Å²) >= 11 is 1.02. The smallest absolute Gasteiger partial charge is 0.338 e. The highest BCUT2D eigenvalue weighted by atomic mass is 32.2. The Bertz CT molecular complexity index is 880. The van der Waals surface area contributed by atoms with Crippen LogP contribution >= 0.6 is 11.8 Å². The molecule has 0 aliphatic rings. The number of aromatic amines is 1. The second-order valence-electron chi connectivity index (χ2n) is 5.57. The third-order valence-corrected chi connectivity index (χ3v) is 4.63. The van der Waals surface area contributed by atoms with Crippen LogP contribution < -0.4 is 10.9 Å². The Morgan fingerprint density at radius 1 is 1.30 bits per heavy atom. The first-order valence-electron chi connectivity index (χ1n) is 8.42. The largest absolute Gasteiger partial charge is 0.493 e. The molecule has 8 nitrogen and oxygen atoms in total. The number of hydrogen-bond acceptors (Lipinski definition) is 7. The first-order chi connectivity index (χ1) is 12.8. The number of carbonyl (C=O) groups is 2. The molecular weight excluding hydrogens is 370 g/mol. The molecule has 1 amide bonds. The summed E-state index contributed by atoms with van der Waals surface area (Å²) in [5.74, 6) is -1.07. The molecule has 1 aromatic heterocycles. The average molecular weight is 391 g/mol. The molecule has 1 heterocycles. The molecule has 144 valence electrons. The highest BCUT2D eigenvalue weighted by molar-refractivity contribution is 8.00. The van der Waals surface area contributed by atoms with E-state index >= 15 is 0 Å². The van der Waals surface area contributed by atoms with Crippen molar-refractivity contribution in [1.82, 2.24) is 9.97 Å². The van der Waals surface area contributed by atoms with Crippen molar-refractivity contribution in [2.24, 2.45) is 0 Å². The SMILES string of the molecule is CCOC(=O)c1ccc(NC(=O)C(C)Sc2nc(O)c(CC)c(=O)[nH]2)cc1. The van der Waals surface area contributed by atoms with Crippen molar-refractivity contribution >= 4 is 29.3 Å². The number of amides is 1. The van der Waals surface area contributed by atoms with Gasteiger partial charge in [0.1, 0.15) is 0 Å². The van der Waals surface area contributed by atoms with Gasteiger partial charge in [-0.3, -0.25) is 9.59 Å². The number of aromatic hydroxyl groups is 1. The fourth-order valence-electron chi connectivity index (χ4n) is 2.21. The van der Waals surface area contributed by atoms with Crippen molar-refractivity contribution < 1.29 is 19.4 Å². The lowest BCUT2D eigenvalue weighted by atomic mass is 10.2. The zero-order valence-corrected chi connectivity index (χ0v) is 16.1. The van der Waals surface area contributed by atoms with Gasteiger partial charge in [-0.1, -0.05) is 18.7 Å². The van der Waals surface area contributed by atoms with Crippen LogP contribution in [-0.4, -0.2) is 38.8 Å². The van der Waals surface area contributed by atoms with E-state index in [1.807, 2.05) is 0 Å². The summed E-state index contributed by atoms with van der Waals surface area (Å²) in [6.07, 6.45) is 0.358. The highest BCUT2D eigenvalue weighted by Gasteiger charge is 2.18. The summed E-state index contributed by atoms with van der Waals surface area (Å²) in [5.41, 5.74) is 0.699. The number of rotatable bonds is 7. The summed E-state index contributed by atoms with van der Waals surface area (Å²) in [6.45, 7) is 5.40. The number of carbonyl (C=O) groups excluding carboxylic acids is 2. The minimum atomic E-state index is -0.579. The van der Waals surface area contributed by atoms with E-state index in [0.29, 0.717) is 17.7 Å². The molecular formula is C18H21N3O5S. The number of thioether (sulfide) groups is 1. The predicted octanol–water partition coefficient (Wildman–Crippen LogP) is 2.33. The normalized spacial score (nSPS) is 11.7. The minimum absolute atomic E-state index is 0.162. The second-order valence-corrected chi connectivity index (χ2v) is 6.90. The Morgan fingerprint density at radius 2 is 1.96 bits per heavy atom. The standard InChI is InChI=1S/C18H21N3O5S/c1-4-13-15(23)20-18(21-16(13)24)27-10(3)14(22)19-12-8-6-11(7-9-12)17(25)26-5-2/h6-10H,4-5H2,1-3H3,(H,19,22)(H2,20,21,23,24). The van der Waals surface area contributed by atoms with Crippen LogP contribution in [0.4, 0.5) is 5.69 Å². The first kappa shape index (κ1) is 20.5. The van der Waals surface area contributed by atoms with Crippen molar-refractivity contribution in [3.8, 4) is 5.88 Å². The lowest BCUT2D eigenvalue weighted by Crippen LogP contribution is -2.23. The van der Waals surface area contributed by atoms with Crippen LogP contribution in [0.15, 0.2) is 34.2 Å². The molecule has 0 radical (unpaired) electrons. The molecule has 0 spiro atoms. The summed E-state index contributed by atoms with van der Waals surface area (Å²) in [6, 6.07) is 6.32. The molecule has 1 aromatic carbocycles. The monoisotopic (exact) mass is 391 g/mol. The lowest BCUT2D eigenvalue weighted by molar-refractivity contribution is -0.115. The number of nitrogens with one attached hydrogen (secondary N) is 2. The summed E-state index contributed by atoms with van der Waals surface area (Å²) in [4.78, 5) is 42.3. The van der Waals surface area contributed by atoms with Gasteiger partial charge in [-0.05, 0) is 44.5 Å². The molecule has 0 aliphatic carbocycles. The van der Waals surface area contributed by atoms with Crippen molar-refractivity contribution in [2.75, 3.05) is 11.9 Å². The van der Waals surface area contributed by atoms with Crippen LogP contribution in [0.25, 0.3) is 0 Å². The minimum Gasteiger partial charge on any atom is -0.493 e. The second kappa shape index (κ2) is 9.22. The lowest BCUT2D eigenvalue weighted by Gasteiger charge is -2.12. The van der Waals surface area contributed by atoms with E-state index in [9.17, 15) is 19.5 Å². The van der Waals surface area contributed by atoms with Gasteiger partial charge in [-0.25, -0.2) is 4.79 Å². The maximum absolute atomic E-state index is 12.3. The third-order valence-electron chi connectivity index (χ3n) is 3.65. The van der Waals surface area contributed by atoms with Crippen LogP contribution in [0.2, 0.25) is 0 Å². The fraction of sp³-hybridized carbons (Fsp3) is 0.333. The molecule has 1 atom stereocenters. The summed E-state index contributed by atoms with van der Waals surface area (Å²) in [7, 11) is 0. The molecule has 0 saturated carbocycles. The zero-order chi connectivity index (χ0) is 20.0. The van der Waals surface area contributed by atoms with Gasteiger partial charge in [0.2, 0.25) is 11.8 Å². The van der Waals surface area contributed by atoms with Crippen LogP contribution in [-0.2, 0) is 16.0 Å². The number of nitrogens with zero attached hydrogens (tertiary/aromatic N) is 1. The van der Waals surface area contributed by atoms with Crippen LogP contribution in [0.3, 0.4) is 0 Å². The van der Waals surface area contributed by atoms with Gasteiger partial charge in [0.05, 0.1) is 23.0 Å². The topological polar surface area (TPSA) is 121 Å². The molecule has 1 unspecified atom stereocenters. The number of benzene rings is 1. The number of ether oxygens (including phenoxy) is 1. The van der Waals surface area contributed by atoms with Gasteiger partial charge < -0.3 is 20.1 Å². The van der Waals surface area contributed by atoms with E-state index < -0.39 is 16.8 Å². The molecule has 27 heavy (non-hydrogen) atoms. The van der Waals surface area contributed by atoms with E-state index in [0.717, 1.165) is 11.8 Å². The van der Waals surface area contributed by atoms with Crippen LogP contribution in [0.5, 0.6) is 5.88 Å². The Morgan fingerprint density at radius 3 is 2.52 bits per heavy atom. The highest BCUT2D eigenvalue weighted by Crippen LogP contribution is 2.22. The average Bonchev–Trinajstić information content (AvgIpc) is 2.62. The number of H-pyrrole nitrogens is 1. The molecule has 9 heteroatoms. The Balaban J connectivity index is 2.01. The van der Waals surface area contributed by atoms with E-state index in [-0.39, 0.29) is 29.1 Å². The fourth-order valence-corrected chi connectivity index (χ4v) is 3.00. The van der Waals surface area contributed by atoms with Gasteiger partial charge in [0, 0.05) is 5.69 Å². The number of anilines is 1. The number of esters is 1. The Kier molecular flexibility index (Phi) is 7.00. The Labute approximate surface area is 160 Å². The zero-order valence-electron chi connectivity index (χ0n) is 15.2. The number of aromatic nitrogens is 2. The molecule has 0 bridgehead atoms. The molecule has 2 aromatic rings. The maximum atomic E-state index is 12.3. The van der Waals surface area contributed by atoms with Crippen molar-refractivity contribution in [1.29, 1.82) is 0 Å². The van der Waals surface area contributed by atoms with E-state index in [2.05, 4.69) is 15.3 Å². The van der Waals surface area contributed by atoms with E-state index in [1.54, 1.807) is 45.0 Å². The Hall–Kier alpha value is -2.81. The van der Waals surface area contributed by atoms with Crippen LogP contribution in [0, 0.1) is 0 Å². The van der Waals surface area contributed by atoms with E-state index in [4.69, 9.17) is 4.74 Å². The van der Waals surface area contributed by atoms with Crippen molar-refractivity contribution in [3.63, 3.8) is 0 Å². The number of hydrogen-bond donors (Lipinski definition) is 3. The molecule has 3 N–H and O–H groups in total. The van der Waals surface area contributed by atoms with Crippen molar-refractivity contribution in [3.05, 3.63) is 45.7 Å². The third kappa shape index (κ3) is 5.33. The van der Waals surface area contributed by atoms with Gasteiger partial charge in [0.15, 0.2) is 5.16 Å². The van der Waals surface area contributed by atoms with Crippen molar-refractivity contribution in [2.45, 2.75) is 37.6 Å². The van der Waals surface area contributed by atoms with Gasteiger partial charge in [-0.2, -0.15) is 4.98 Å². The quantitative estimate of drug-likeness (QED) is 0.376. The van der Waals surface area contributed by atoms with Gasteiger partial charge in [-0.15, -0.1) is 0 Å². The molecule has 2 rings (SSSR count). The first-order valence-corrected chi connectivity index (χ1v) is 9.30. The predicted molar refractivity (Wildman–Crippen MR) is 102 cm³/mol. The molecule has 0 fully saturated rings. The molecule has 0 saturated heterocycles. The van der Waals surface area contributed by atoms with Crippen LogP contribution in [0.1, 0.15) is 36.7 Å². The van der Waals surface area contributed by atoms with Gasteiger partial charge in [0.25, 0.3) is 5.56 Å². The van der Waals surface area contributed by atoms with Gasteiger partial charge >= 0.3 is 5.97 Å². The maximum Gasteiger partial charge on any atom is 0.338 e. The molecule has 0 aliphatic heterocycles. The summed E-state index contributed by atoms with van der Waals surface area (Å²) in [5, 5.41) is 12.1.